The van der Waals surface area contributed by atoms with E-state index in [0.717, 1.165) is 10.5 Å². The van der Waals surface area contributed by atoms with Gasteiger partial charge in [-0.1, -0.05) is 21.6 Å². The maximum atomic E-state index is 2.48. The third-order valence-corrected chi connectivity index (χ3v) is 6.88. The molecule has 0 spiro atoms. The summed E-state index contributed by atoms with van der Waals surface area (Å²) in [5.41, 5.74) is 0. The van der Waals surface area contributed by atoms with E-state index < -0.39 is 0 Å². The minimum atomic E-state index is 0.871. The van der Waals surface area contributed by atoms with Crippen LogP contribution in [-0.4, -0.2) is 60.6 Å². The Morgan fingerprint density at radius 3 is 1.62 bits per heavy atom. The molecule has 0 aromatic heterocycles. The summed E-state index contributed by atoms with van der Waals surface area (Å²) >= 11 is 0. The predicted molar refractivity (Wildman–Crippen MR) is 76.2 cm³/mol. The second-order valence-electron chi connectivity index (χ2n) is 5.25. The Balaban J connectivity index is 1.66. The van der Waals surface area contributed by atoms with Crippen molar-refractivity contribution in [2.24, 2.45) is 0 Å². The summed E-state index contributed by atoms with van der Waals surface area (Å²) < 4.78 is 0. The van der Waals surface area contributed by atoms with Gasteiger partial charge >= 0.3 is 0 Å². The molecule has 2 aliphatic heterocycles. The smallest absolute Gasteiger partial charge is 0.0279 e. The lowest BCUT2D eigenvalue weighted by Crippen LogP contribution is -2.35. The summed E-state index contributed by atoms with van der Waals surface area (Å²) in [6, 6.07) is 0. The van der Waals surface area contributed by atoms with E-state index in [0.29, 0.717) is 0 Å². The van der Waals surface area contributed by atoms with Crippen LogP contribution in [0.5, 0.6) is 0 Å². The highest BCUT2D eigenvalue weighted by molar-refractivity contribution is 8.77. The molecule has 2 saturated heterocycles. The van der Waals surface area contributed by atoms with Gasteiger partial charge in [-0.2, -0.15) is 0 Å². The van der Waals surface area contributed by atoms with Crippen molar-refractivity contribution >= 4 is 21.6 Å². The number of likely N-dealkylation sites (tertiary alicyclic amines) is 2. The van der Waals surface area contributed by atoms with Crippen molar-refractivity contribution < 1.29 is 0 Å². The Kier molecular flexibility index (Phi) is 5.33. The molecule has 4 heteroatoms. The van der Waals surface area contributed by atoms with Gasteiger partial charge in [0.25, 0.3) is 0 Å². The molecule has 2 aliphatic rings. The van der Waals surface area contributed by atoms with Crippen molar-refractivity contribution in [2.45, 2.75) is 36.2 Å². The van der Waals surface area contributed by atoms with Gasteiger partial charge in [0.05, 0.1) is 0 Å². The summed E-state index contributed by atoms with van der Waals surface area (Å²) in [5.74, 6) is 0. The Bertz CT molecular complexity index is 191. The fourth-order valence-corrected chi connectivity index (χ4v) is 5.91. The van der Waals surface area contributed by atoms with Crippen LogP contribution in [0, 0.1) is 0 Å². The molecular weight excluding hydrogens is 236 g/mol. The first-order valence-electron chi connectivity index (χ1n) is 6.43. The fraction of sp³-hybridized carbons (Fsp3) is 1.00. The first-order chi connectivity index (χ1) is 7.74. The maximum Gasteiger partial charge on any atom is 0.0279 e. The Labute approximate surface area is 108 Å². The quantitative estimate of drug-likeness (QED) is 0.719. The van der Waals surface area contributed by atoms with Gasteiger partial charge in [-0.15, -0.1) is 0 Å². The largest absolute Gasteiger partial charge is 0.305 e. The molecule has 2 atom stereocenters. The lowest BCUT2D eigenvalue weighted by Gasteiger charge is -2.32. The number of piperidine rings is 2. The van der Waals surface area contributed by atoms with E-state index in [1.165, 1.54) is 51.9 Å². The van der Waals surface area contributed by atoms with Crippen molar-refractivity contribution in [3.05, 3.63) is 0 Å². The highest BCUT2D eigenvalue weighted by Gasteiger charge is 2.22. The van der Waals surface area contributed by atoms with Crippen LogP contribution in [-0.2, 0) is 0 Å². The Hall–Kier alpha value is 0.620. The van der Waals surface area contributed by atoms with Crippen LogP contribution in [0.25, 0.3) is 0 Å². The van der Waals surface area contributed by atoms with Crippen LogP contribution >= 0.6 is 21.6 Å². The second-order valence-corrected chi connectivity index (χ2v) is 8.12. The van der Waals surface area contributed by atoms with Gasteiger partial charge in [0.15, 0.2) is 0 Å². The van der Waals surface area contributed by atoms with E-state index in [1.807, 2.05) is 0 Å². The van der Waals surface area contributed by atoms with Crippen molar-refractivity contribution in [2.75, 3.05) is 40.3 Å². The average Bonchev–Trinajstić information content (AvgIpc) is 2.27. The van der Waals surface area contributed by atoms with Gasteiger partial charge in [0, 0.05) is 23.6 Å². The molecule has 2 fully saturated rings. The van der Waals surface area contributed by atoms with Crippen molar-refractivity contribution in [1.82, 2.24) is 9.80 Å². The molecule has 0 aromatic carbocycles. The number of rotatable bonds is 3. The zero-order valence-electron chi connectivity index (χ0n) is 10.5. The van der Waals surface area contributed by atoms with Gasteiger partial charge in [-0.05, 0) is 52.9 Å². The van der Waals surface area contributed by atoms with E-state index in [-0.39, 0.29) is 0 Å². The van der Waals surface area contributed by atoms with Crippen LogP contribution in [0.4, 0.5) is 0 Å². The number of nitrogens with zero attached hydrogens (tertiary/aromatic N) is 2. The van der Waals surface area contributed by atoms with E-state index in [2.05, 4.69) is 45.5 Å². The summed E-state index contributed by atoms with van der Waals surface area (Å²) in [5, 5.41) is 1.74. The van der Waals surface area contributed by atoms with Crippen LogP contribution in [0.3, 0.4) is 0 Å². The third kappa shape index (κ3) is 4.13. The second kappa shape index (κ2) is 6.53. The van der Waals surface area contributed by atoms with Crippen molar-refractivity contribution in [3.8, 4) is 0 Å². The molecule has 0 aliphatic carbocycles. The predicted octanol–water partition coefficient (Wildman–Crippen LogP) is 2.56. The molecule has 2 heterocycles. The minimum Gasteiger partial charge on any atom is -0.305 e. The molecule has 16 heavy (non-hydrogen) atoms. The van der Waals surface area contributed by atoms with Crippen LogP contribution in [0.1, 0.15) is 25.7 Å². The Morgan fingerprint density at radius 1 is 0.812 bits per heavy atom. The first-order valence-corrected chi connectivity index (χ1v) is 8.71. The highest BCUT2D eigenvalue weighted by Crippen LogP contribution is 2.37. The SMILES string of the molecule is CN1CCCC(SSC2CCCN(C)C2)C1. The standard InChI is InChI=1S/C12H24N2S2/c1-13-7-3-5-11(9-13)15-16-12-6-4-8-14(2)10-12/h11-12H,3-10H2,1-2H3. The van der Waals surface area contributed by atoms with Crippen LogP contribution in [0.2, 0.25) is 0 Å². The van der Waals surface area contributed by atoms with Gasteiger partial charge in [-0.3, -0.25) is 0 Å². The molecule has 0 N–H and O–H groups in total. The Morgan fingerprint density at radius 2 is 1.25 bits per heavy atom. The molecule has 2 nitrogen and oxygen atoms in total. The zero-order valence-corrected chi connectivity index (χ0v) is 12.2. The summed E-state index contributed by atoms with van der Waals surface area (Å²) in [4.78, 5) is 4.96. The topological polar surface area (TPSA) is 6.48 Å². The molecule has 2 rings (SSSR count). The van der Waals surface area contributed by atoms with Gasteiger partial charge in [-0.25, -0.2) is 0 Å². The lowest BCUT2D eigenvalue weighted by molar-refractivity contribution is 0.282. The molecule has 0 amide bonds. The number of hydrogen-bond acceptors (Lipinski definition) is 4. The highest BCUT2D eigenvalue weighted by atomic mass is 33.1. The van der Waals surface area contributed by atoms with Crippen molar-refractivity contribution in [3.63, 3.8) is 0 Å². The zero-order chi connectivity index (χ0) is 11.4. The molecule has 0 saturated carbocycles. The van der Waals surface area contributed by atoms with Gasteiger partial charge in [0.2, 0.25) is 0 Å². The van der Waals surface area contributed by atoms with E-state index in [9.17, 15) is 0 Å². The van der Waals surface area contributed by atoms with Crippen LogP contribution in [0.15, 0.2) is 0 Å². The third-order valence-electron chi connectivity index (χ3n) is 3.49. The fourth-order valence-electron chi connectivity index (χ4n) is 2.55. The summed E-state index contributed by atoms with van der Waals surface area (Å²) in [6.45, 7) is 5.18. The van der Waals surface area contributed by atoms with E-state index >= 15 is 0 Å². The van der Waals surface area contributed by atoms with E-state index in [1.54, 1.807) is 0 Å². The van der Waals surface area contributed by atoms with E-state index in [4.69, 9.17) is 0 Å². The molecular formula is C12H24N2S2. The molecule has 0 aromatic rings. The summed E-state index contributed by atoms with van der Waals surface area (Å²) in [6.07, 6.45) is 5.62. The average molecular weight is 260 g/mol. The summed E-state index contributed by atoms with van der Waals surface area (Å²) in [7, 11) is 8.83. The lowest BCUT2D eigenvalue weighted by atomic mass is 10.1. The molecule has 0 bridgehead atoms. The molecule has 0 radical (unpaired) electrons. The normalized spacial score (nSPS) is 34.1. The minimum absolute atomic E-state index is 0.871. The van der Waals surface area contributed by atoms with Crippen LogP contribution < -0.4 is 0 Å². The number of hydrogen-bond donors (Lipinski definition) is 0. The first kappa shape index (κ1) is 13.1. The maximum absolute atomic E-state index is 2.48. The molecule has 2 unspecified atom stereocenters. The molecule has 94 valence electrons. The van der Waals surface area contributed by atoms with Gasteiger partial charge < -0.3 is 9.80 Å². The monoisotopic (exact) mass is 260 g/mol. The van der Waals surface area contributed by atoms with Gasteiger partial charge in [0.1, 0.15) is 0 Å². The van der Waals surface area contributed by atoms with Crippen molar-refractivity contribution in [1.29, 1.82) is 0 Å².